The van der Waals surface area contributed by atoms with Crippen LogP contribution < -0.4 is 5.73 Å². The van der Waals surface area contributed by atoms with Gasteiger partial charge >= 0.3 is 17.9 Å². The molecule has 5 atom stereocenters. The number of aliphatic hydroxyl groups is 2. The number of alkyl halides is 2. The number of hydrogen-bond donors (Lipinski definition) is 3. The fraction of sp³-hybridized carbons (Fsp3) is 0.281. The van der Waals surface area contributed by atoms with Crippen molar-refractivity contribution in [3.05, 3.63) is 96.2 Å². The first-order valence-corrected chi connectivity index (χ1v) is 17.7. The molecule has 45 heavy (non-hydrogen) atoms. The summed E-state index contributed by atoms with van der Waals surface area (Å²) < 4.78 is 37.1. The Morgan fingerprint density at radius 2 is 1.56 bits per heavy atom. The Kier molecular flexibility index (Phi) is 9.42. The zero-order valence-electron chi connectivity index (χ0n) is 24.8. The van der Waals surface area contributed by atoms with Crippen LogP contribution in [0.15, 0.2) is 90.1 Å². The smallest absolute Gasteiger partial charge is 0.383 e. The normalized spacial score (nSPS) is 27.1. The number of carbonyl (C=O) groups excluding carboxylic acids is 4. The molecule has 0 bridgehead atoms. The minimum Gasteiger partial charge on any atom is -0.383 e. The Morgan fingerprint density at radius 3 is 2.07 bits per heavy atom. The van der Waals surface area contributed by atoms with E-state index in [2.05, 4.69) is 4.99 Å². The van der Waals surface area contributed by atoms with Crippen molar-refractivity contribution in [3.8, 4) is 0 Å². The SMILES string of the molecule is C[Si](C)(C)CC(=O)[N+]1([C@@H]2O[C@H](C(O)C(=O)C=Cc3ccccc3)[C@](O)(C(=O)C=Cc3ccccc3)C2(F)F)C=CC(N)=NC1=O. The van der Waals surface area contributed by atoms with E-state index in [1.807, 2.05) is 0 Å². The van der Waals surface area contributed by atoms with Gasteiger partial charge in [-0.25, -0.2) is 9.59 Å². The molecule has 13 heteroatoms. The number of nitrogens with zero attached hydrogens (tertiary/aromatic N) is 2. The van der Waals surface area contributed by atoms with Gasteiger partial charge in [0, 0.05) is 6.08 Å². The van der Waals surface area contributed by atoms with Crippen molar-refractivity contribution in [2.75, 3.05) is 0 Å². The van der Waals surface area contributed by atoms with E-state index in [4.69, 9.17) is 10.5 Å². The molecule has 2 heterocycles. The van der Waals surface area contributed by atoms with E-state index >= 15 is 8.78 Å². The number of amides is 3. The number of ketones is 2. The molecule has 4 rings (SSSR count). The van der Waals surface area contributed by atoms with Gasteiger partial charge in [0.1, 0.15) is 24.2 Å². The number of hydrogen-bond acceptors (Lipinski definition) is 8. The lowest BCUT2D eigenvalue weighted by atomic mass is 9.82. The molecule has 236 valence electrons. The fourth-order valence-electron chi connectivity index (χ4n) is 5.08. The molecule has 0 spiro atoms. The third-order valence-electron chi connectivity index (χ3n) is 7.41. The molecule has 1 fully saturated rings. The van der Waals surface area contributed by atoms with Crippen LogP contribution in [0.4, 0.5) is 13.6 Å². The number of ether oxygens (including phenoxy) is 1. The van der Waals surface area contributed by atoms with Gasteiger partial charge in [0.15, 0.2) is 11.6 Å². The van der Waals surface area contributed by atoms with Gasteiger partial charge in [-0.3, -0.25) is 9.59 Å². The summed E-state index contributed by atoms with van der Waals surface area (Å²) in [7, 11) is -2.39. The van der Waals surface area contributed by atoms with Crippen LogP contribution in [0.1, 0.15) is 11.1 Å². The molecule has 0 radical (unpaired) electrons. The van der Waals surface area contributed by atoms with Gasteiger partial charge in [-0.2, -0.15) is 8.78 Å². The summed E-state index contributed by atoms with van der Waals surface area (Å²) in [5.74, 6) is -8.96. The third-order valence-corrected chi connectivity index (χ3v) is 8.77. The van der Waals surface area contributed by atoms with Crippen molar-refractivity contribution in [2.24, 2.45) is 10.7 Å². The highest BCUT2D eigenvalue weighted by atomic mass is 28.3. The summed E-state index contributed by atoms with van der Waals surface area (Å²) in [6, 6.07) is 14.7. The average molecular weight is 639 g/mol. The second kappa shape index (κ2) is 12.6. The number of amidine groups is 1. The molecule has 0 aliphatic carbocycles. The van der Waals surface area contributed by atoms with Gasteiger partial charge in [-0.15, -0.1) is 9.48 Å². The van der Waals surface area contributed by atoms with Gasteiger partial charge in [-0.05, 0) is 23.3 Å². The number of nitrogens with two attached hydrogens (primary N) is 1. The molecular formula is C32H34F2N3O7Si+. The van der Waals surface area contributed by atoms with Crippen LogP contribution in [-0.4, -0.2) is 82.1 Å². The van der Waals surface area contributed by atoms with Crippen molar-refractivity contribution in [2.45, 2.75) is 55.6 Å². The van der Waals surface area contributed by atoms with E-state index in [9.17, 15) is 29.4 Å². The summed E-state index contributed by atoms with van der Waals surface area (Å²) in [4.78, 5) is 57.4. The molecule has 4 N–H and O–H groups in total. The van der Waals surface area contributed by atoms with E-state index in [1.165, 1.54) is 6.08 Å². The number of urea groups is 1. The molecule has 10 nitrogen and oxygen atoms in total. The summed E-state index contributed by atoms with van der Waals surface area (Å²) in [5.41, 5.74) is 2.67. The van der Waals surface area contributed by atoms with E-state index in [1.54, 1.807) is 80.3 Å². The number of carbonyl (C=O) groups is 4. The second-order valence-corrected chi connectivity index (χ2v) is 17.5. The van der Waals surface area contributed by atoms with Crippen molar-refractivity contribution in [3.63, 3.8) is 0 Å². The Morgan fingerprint density at radius 1 is 1.02 bits per heavy atom. The highest BCUT2D eigenvalue weighted by molar-refractivity contribution is 6.78. The summed E-state index contributed by atoms with van der Waals surface area (Å²) >= 11 is 0. The topological polar surface area (TPSA) is 156 Å². The first kappa shape index (κ1) is 33.6. The number of rotatable bonds is 10. The first-order chi connectivity index (χ1) is 21.0. The molecule has 0 aromatic heterocycles. The van der Waals surface area contributed by atoms with Gasteiger partial charge in [0.05, 0.1) is 14.1 Å². The number of halogens is 2. The third kappa shape index (κ3) is 6.44. The molecule has 2 aromatic carbocycles. The lowest BCUT2D eigenvalue weighted by Crippen LogP contribution is -2.69. The molecule has 2 aliphatic rings. The number of aliphatic hydroxyl groups excluding tert-OH is 1. The zero-order valence-corrected chi connectivity index (χ0v) is 25.8. The van der Waals surface area contributed by atoms with Crippen LogP contribution in [0.25, 0.3) is 12.2 Å². The van der Waals surface area contributed by atoms with Crippen molar-refractivity contribution >= 4 is 49.6 Å². The maximum Gasteiger partial charge on any atom is 0.459 e. The Balaban J connectivity index is 1.84. The highest BCUT2D eigenvalue weighted by Gasteiger charge is 2.81. The van der Waals surface area contributed by atoms with Gasteiger partial charge in [0.2, 0.25) is 5.60 Å². The molecule has 2 aromatic rings. The van der Waals surface area contributed by atoms with Crippen molar-refractivity contribution < 1.29 is 47.4 Å². The standard InChI is InChI=1S/C32H33F2N3O7Si/c1-45(2,3)20-26(40)37(19-18-25(35)36-30(37)42)29-32(33,34)31(43,24(39)17-15-22-12-8-5-9-13-22)28(44-29)27(41)23(38)16-14-21-10-6-4-7-11-21/h4-19,27-29,41,43H,20H2,1-3H3,(H-,35,36,42)/p+1/t27?,28-,29-,31-,37?/m1/s1. The van der Waals surface area contributed by atoms with Crippen molar-refractivity contribution in [1.29, 1.82) is 0 Å². The van der Waals surface area contributed by atoms with Crippen LogP contribution in [0, 0.1) is 0 Å². The van der Waals surface area contributed by atoms with E-state index < -0.39 is 66.0 Å². The number of imide groups is 1. The molecule has 3 amide bonds. The summed E-state index contributed by atoms with van der Waals surface area (Å²) in [6.45, 7) is 5.30. The number of benzene rings is 2. The molecule has 0 saturated carbocycles. The fourth-order valence-corrected chi connectivity index (χ4v) is 6.25. The summed E-state index contributed by atoms with van der Waals surface area (Å²) in [5, 5.41) is 22.8. The van der Waals surface area contributed by atoms with Crippen LogP contribution in [0.2, 0.25) is 25.7 Å². The van der Waals surface area contributed by atoms with Crippen LogP contribution in [0.5, 0.6) is 0 Å². The average Bonchev–Trinajstić information content (AvgIpc) is 3.20. The maximum absolute atomic E-state index is 16.8. The van der Waals surface area contributed by atoms with Crippen LogP contribution in [0.3, 0.4) is 0 Å². The minimum atomic E-state index is -4.74. The highest BCUT2D eigenvalue weighted by Crippen LogP contribution is 2.51. The quantitative estimate of drug-likeness (QED) is 0.202. The lowest BCUT2D eigenvalue weighted by molar-refractivity contribution is -0.789. The minimum absolute atomic E-state index is 0.305. The molecular weight excluding hydrogens is 604 g/mol. The zero-order chi connectivity index (χ0) is 33.2. The molecule has 2 aliphatic heterocycles. The van der Waals surface area contributed by atoms with Crippen molar-refractivity contribution in [1.82, 2.24) is 0 Å². The lowest BCUT2D eigenvalue weighted by Gasteiger charge is -2.38. The van der Waals surface area contributed by atoms with E-state index in [0.717, 1.165) is 24.4 Å². The Hall–Kier alpha value is -4.27. The van der Waals surface area contributed by atoms with Gasteiger partial charge < -0.3 is 20.7 Å². The van der Waals surface area contributed by atoms with Gasteiger partial charge in [-0.1, -0.05) is 92.5 Å². The van der Waals surface area contributed by atoms with Crippen LogP contribution in [-0.2, 0) is 19.1 Å². The summed E-state index contributed by atoms with van der Waals surface area (Å²) in [6.07, 6.45) is -2.28. The monoisotopic (exact) mass is 638 g/mol. The largest absolute Gasteiger partial charge is 0.459 e. The number of aliphatic imine (C=N–C) groups is 1. The first-order valence-electron chi connectivity index (χ1n) is 14.0. The molecule has 1 saturated heterocycles. The second-order valence-electron chi connectivity index (χ2n) is 12.0. The van der Waals surface area contributed by atoms with E-state index in [0.29, 0.717) is 17.2 Å². The van der Waals surface area contributed by atoms with E-state index in [-0.39, 0.29) is 11.9 Å². The van der Waals surface area contributed by atoms with Crippen LogP contribution >= 0.6 is 0 Å². The predicted octanol–water partition coefficient (Wildman–Crippen LogP) is 3.69. The van der Waals surface area contributed by atoms with Gasteiger partial charge in [0.25, 0.3) is 6.23 Å². The number of quaternary nitrogens is 1. The predicted molar refractivity (Wildman–Crippen MR) is 165 cm³/mol. The molecule has 2 unspecified atom stereocenters. The Labute approximate surface area is 259 Å². The Bertz CT molecular complexity index is 1610. The maximum atomic E-state index is 16.8.